The molecule has 1 aliphatic carbocycles. The van der Waals surface area contributed by atoms with E-state index < -0.39 is 0 Å². The lowest BCUT2D eigenvalue weighted by atomic mass is 9.91. The van der Waals surface area contributed by atoms with Gasteiger partial charge in [-0.1, -0.05) is 0 Å². The molecule has 146 valence electrons. The SMILES string of the molecule is CN(C)c1ccnc(NC2CCC(NC(=O)c3ccc(F)cc3)CC2)n1.Cl. The van der Waals surface area contributed by atoms with Crippen LogP contribution in [0, 0.1) is 5.82 Å². The van der Waals surface area contributed by atoms with Crippen molar-refractivity contribution in [3.8, 4) is 0 Å². The van der Waals surface area contributed by atoms with Gasteiger partial charge in [0.15, 0.2) is 0 Å². The Morgan fingerprint density at radius 2 is 1.70 bits per heavy atom. The summed E-state index contributed by atoms with van der Waals surface area (Å²) < 4.78 is 12.9. The molecule has 0 atom stereocenters. The molecule has 1 aromatic carbocycles. The highest BCUT2D eigenvalue weighted by molar-refractivity contribution is 5.94. The van der Waals surface area contributed by atoms with E-state index in [-0.39, 0.29) is 30.2 Å². The molecule has 2 N–H and O–H groups in total. The predicted molar refractivity (Wildman–Crippen MR) is 107 cm³/mol. The van der Waals surface area contributed by atoms with Crippen molar-refractivity contribution in [3.63, 3.8) is 0 Å². The molecule has 8 heteroatoms. The van der Waals surface area contributed by atoms with E-state index in [0.717, 1.165) is 31.5 Å². The molecule has 0 saturated heterocycles. The number of rotatable bonds is 5. The minimum atomic E-state index is -0.339. The van der Waals surface area contributed by atoms with Crippen molar-refractivity contribution in [1.29, 1.82) is 0 Å². The summed E-state index contributed by atoms with van der Waals surface area (Å²) in [5, 5.41) is 6.42. The van der Waals surface area contributed by atoms with Crippen molar-refractivity contribution in [2.24, 2.45) is 0 Å². The van der Waals surface area contributed by atoms with Crippen molar-refractivity contribution in [1.82, 2.24) is 15.3 Å². The van der Waals surface area contributed by atoms with Gasteiger partial charge in [-0.3, -0.25) is 4.79 Å². The van der Waals surface area contributed by atoms with Crippen LogP contribution in [0.4, 0.5) is 16.2 Å². The molecular formula is C19H25ClFN5O. The third-order valence-corrected chi connectivity index (χ3v) is 4.60. The first-order chi connectivity index (χ1) is 12.5. The van der Waals surface area contributed by atoms with E-state index in [1.807, 2.05) is 25.1 Å². The zero-order valence-electron chi connectivity index (χ0n) is 15.5. The van der Waals surface area contributed by atoms with Gasteiger partial charge in [-0.2, -0.15) is 4.98 Å². The largest absolute Gasteiger partial charge is 0.363 e. The number of aromatic nitrogens is 2. The Morgan fingerprint density at radius 3 is 2.33 bits per heavy atom. The Balaban J connectivity index is 0.00000261. The number of hydrogen-bond donors (Lipinski definition) is 2. The second-order valence-corrected chi connectivity index (χ2v) is 6.81. The number of amides is 1. The average molecular weight is 394 g/mol. The highest BCUT2D eigenvalue weighted by Gasteiger charge is 2.23. The number of carbonyl (C=O) groups is 1. The molecule has 0 aliphatic heterocycles. The fraction of sp³-hybridized carbons (Fsp3) is 0.421. The fourth-order valence-electron chi connectivity index (χ4n) is 3.10. The molecule has 1 aromatic heterocycles. The van der Waals surface area contributed by atoms with Crippen LogP contribution in [0.3, 0.4) is 0 Å². The quantitative estimate of drug-likeness (QED) is 0.815. The van der Waals surface area contributed by atoms with Gasteiger partial charge in [0.2, 0.25) is 5.95 Å². The van der Waals surface area contributed by atoms with E-state index in [9.17, 15) is 9.18 Å². The first kappa shape index (κ1) is 20.9. The van der Waals surface area contributed by atoms with Crippen LogP contribution in [0.5, 0.6) is 0 Å². The van der Waals surface area contributed by atoms with Gasteiger partial charge in [-0.25, -0.2) is 9.37 Å². The Morgan fingerprint density at radius 1 is 1.07 bits per heavy atom. The summed E-state index contributed by atoms with van der Waals surface area (Å²) in [5.41, 5.74) is 0.487. The molecule has 0 bridgehead atoms. The number of benzene rings is 1. The summed E-state index contributed by atoms with van der Waals surface area (Å²) in [5.74, 6) is 1.01. The van der Waals surface area contributed by atoms with E-state index in [0.29, 0.717) is 17.6 Å². The molecule has 3 rings (SSSR count). The molecule has 1 fully saturated rings. The van der Waals surface area contributed by atoms with E-state index in [4.69, 9.17) is 0 Å². The summed E-state index contributed by atoms with van der Waals surface area (Å²) in [6.07, 6.45) is 5.39. The van der Waals surface area contributed by atoms with Crippen LogP contribution in [-0.2, 0) is 0 Å². The Hall–Kier alpha value is -2.41. The molecule has 27 heavy (non-hydrogen) atoms. The minimum Gasteiger partial charge on any atom is -0.363 e. The van der Waals surface area contributed by atoms with Crippen molar-refractivity contribution in [2.45, 2.75) is 37.8 Å². The van der Waals surface area contributed by atoms with Crippen molar-refractivity contribution in [2.75, 3.05) is 24.3 Å². The summed E-state index contributed by atoms with van der Waals surface area (Å²) in [7, 11) is 3.89. The maximum absolute atomic E-state index is 12.9. The second kappa shape index (κ2) is 9.50. The smallest absolute Gasteiger partial charge is 0.251 e. The zero-order chi connectivity index (χ0) is 18.5. The van der Waals surface area contributed by atoms with Crippen LogP contribution in [0.15, 0.2) is 36.5 Å². The van der Waals surface area contributed by atoms with Crippen LogP contribution in [0.2, 0.25) is 0 Å². The topological polar surface area (TPSA) is 70.2 Å². The van der Waals surface area contributed by atoms with Gasteiger partial charge in [-0.05, 0) is 56.0 Å². The molecule has 1 amide bonds. The van der Waals surface area contributed by atoms with Crippen LogP contribution in [0.25, 0.3) is 0 Å². The summed E-state index contributed by atoms with van der Waals surface area (Å²) in [6, 6.07) is 7.92. The van der Waals surface area contributed by atoms with Crippen molar-refractivity contribution < 1.29 is 9.18 Å². The summed E-state index contributed by atoms with van der Waals surface area (Å²) >= 11 is 0. The van der Waals surface area contributed by atoms with Crippen LogP contribution < -0.4 is 15.5 Å². The molecule has 1 heterocycles. The maximum atomic E-state index is 12.9. The summed E-state index contributed by atoms with van der Waals surface area (Å²) in [6.45, 7) is 0. The third kappa shape index (κ3) is 5.79. The molecule has 0 unspecified atom stereocenters. The first-order valence-corrected chi connectivity index (χ1v) is 8.84. The highest BCUT2D eigenvalue weighted by Crippen LogP contribution is 2.22. The van der Waals surface area contributed by atoms with Gasteiger partial charge >= 0.3 is 0 Å². The highest BCUT2D eigenvalue weighted by atomic mass is 35.5. The number of hydrogen-bond acceptors (Lipinski definition) is 5. The number of anilines is 2. The van der Waals surface area contributed by atoms with Crippen LogP contribution >= 0.6 is 12.4 Å². The number of nitrogens with zero attached hydrogens (tertiary/aromatic N) is 3. The predicted octanol–water partition coefficient (Wildman–Crippen LogP) is 3.26. The number of halogens is 2. The van der Waals surface area contributed by atoms with E-state index in [1.165, 1.54) is 24.3 Å². The zero-order valence-corrected chi connectivity index (χ0v) is 16.3. The average Bonchev–Trinajstić information content (AvgIpc) is 2.64. The first-order valence-electron chi connectivity index (χ1n) is 8.84. The lowest BCUT2D eigenvalue weighted by Gasteiger charge is -2.29. The second-order valence-electron chi connectivity index (χ2n) is 6.81. The van der Waals surface area contributed by atoms with Gasteiger partial charge in [0, 0.05) is 37.9 Å². The standard InChI is InChI=1S/C19H24FN5O.ClH/c1-25(2)17-11-12-21-19(24-17)23-16-9-7-15(8-10-16)22-18(26)13-3-5-14(20)6-4-13;/h3-6,11-12,15-16H,7-10H2,1-2H3,(H,22,26)(H,21,23,24);1H. The molecular weight excluding hydrogens is 369 g/mol. The monoisotopic (exact) mass is 393 g/mol. The van der Waals surface area contributed by atoms with Crippen molar-refractivity contribution in [3.05, 3.63) is 47.9 Å². The molecule has 0 radical (unpaired) electrons. The van der Waals surface area contributed by atoms with Gasteiger partial charge in [-0.15, -0.1) is 12.4 Å². The Labute approximate surface area is 165 Å². The van der Waals surface area contributed by atoms with Crippen molar-refractivity contribution >= 4 is 30.1 Å². The maximum Gasteiger partial charge on any atom is 0.251 e. The third-order valence-electron chi connectivity index (χ3n) is 4.60. The molecule has 6 nitrogen and oxygen atoms in total. The van der Waals surface area contributed by atoms with Gasteiger partial charge in [0.1, 0.15) is 11.6 Å². The lowest BCUT2D eigenvalue weighted by molar-refractivity contribution is 0.0926. The van der Waals surface area contributed by atoms with E-state index >= 15 is 0 Å². The molecule has 0 spiro atoms. The normalized spacial score (nSPS) is 18.9. The van der Waals surface area contributed by atoms with Crippen LogP contribution in [0.1, 0.15) is 36.0 Å². The molecule has 2 aromatic rings. The Kier molecular flexibility index (Phi) is 7.36. The van der Waals surface area contributed by atoms with E-state index in [1.54, 1.807) is 6.20 Å². The number of nitrogens with one attached hydrogen (secondary N) is 2. The van der Waals surface area contributed by atoms with E-state index in [2.05, 4.69) is 20.6 Å². The van der Waals surface area contributed by atoms with Gasteiger partial charge < -0.3 is 15.5 Å². The van der Waals surface area contributed by atoms with Crippen LogP contribution in [-0.4, -0.2) is 42.1 Å². The van der Waals surface area contributed by atoms with Gasteiger partial charge in [0.25, 0.3) is 5.91 Å². The summed E-state index contributed by atoms with van der Waals surface area (Å²) in [4.78, 5) is 22.9. The van der Waals surface area contributed by atoms with Gasteiger partial charge in [0.05, 0.1) is 0 Å². The number of carbonyl (C=O) groups excluding carboxylic acids is 1. The minimum absolute atomic E-state index is 0. The molecule has 1 saturated carbocycles. The lowest BCUT2D eigenvalue weighted by Crippen LogP contribution is -2.40. The fourth-order valence-corrected chi connectivity index (χ4v) is 3.10. The molecule has 1 aliphatic rings. The Bertz CT molecular complexity index is 748.